The second-order valence-electron chi connectivity index (χ2n) is 5.51. The van der Waals surface area contributed by atoms with Crippen LogP contribution in [0.1, 0.15) is 30.9 Å². The standard InChI is InChI=1S/C15H18N2OS/c1-2-4-13-11(3-1)12(7-8-18-13)17-15-16-9-14(19-15)10-5-6-10/h1-4,10,12,14H,5-9H2,(H,16,17). The van der Waals surface area contributed by atoms with Crippen molar-refractivity contribution in [2.24, 2.45) is 10.9 Å². The highest BCUT2D eigenvalue weighted by Crippen LogP contribution is 2.42. The zero-order valence-electron chi connectivity index (χ0n) is 10.8. The number of thioether (sulfide) groups is 1. The zero-order chi connectivity index (χ0) is 12.7. The Morgan fingerprint density at radius 2 is 2.11 bits per heavy atom. The van der Waals surface area contributed by atoms with E-state index in [-0.39, 0.29) is 0 Å². The van der Waals surface area contributed by atoms with Crippen molar-refractivity contribution < 1.29 is 4.74 Å². The summed E-state index contributed by atoms with van der Waals surface area (Å²) in [6.45, 7) is 1.79. The minimum Gasteiger partial charge on any atom is -0.493 e. The highest BCUT2D eigenvalue weighted by Gasteiger charge is 2.36. The van der Waals surface area contributed by atoms with E-state index < -0.39 is 0 Å². The first-order valence-electron chi connectivity index (χ1n) is 7.09. The highest BCUT2D eigenvalue weighted by atomic mass is 32.2. The lowest BCUT2D eigenvalue weighted by atomic mass is 10.0. The molecule has 1 aromatic carbocycles. The number of hydrogen-bond acceptors (Lipinski definition) is 4. The number of hydrogen-bond donors (Lipinski definition) is 1. The number of nitrogens with zero attached hydrogens (tertiary/aromatic N) is 1. The van der Waals surface area contributed by atoms with Gasteiger partial charge in [0.25, 0.3) is 0 Å². The van der Waals surface area contributed by atoms with E-state index in [0.717, 1.165) is 41.7 Å². The quantitative estimate of drug-likeness (QED) is 0.900. The maximum atomic E-state index is 5.70. The second kappa shape index (κ2) is 4.75. The minimum atomic E-state index is 0.356. The molecule has 4 rings (SSSR count). The molecule has 0 radical (unpaired) electrons. The molecule has 0 aromatic heterocycles. The molecule has 19 heavy (non-hydrogen) atoms. The Kier molecular flexibility index (Phi) is 2.91. The number of aliphatic imine (C=N–C) groups is 1. The first-order valence-corrected chi connectivity index (χ1v) is 7.97. The van der Waals surface area contributed by atoms with Crippen LogP contribution in [0.15, 0.2) is 29.3 Å². The van der Waals surface area contributed by atoms with Gasteiger partial charge in [-0.15, -0.1) is 0 Å². The van der Waals surface area contributed by atoms with Gasteiger partial charge in [-0.1, -0.05) is 30.0 Å². The molecular weight excluding hydrogens is 256 g/mol. The molecule has 3 nitrogen and oxygen atoms in total. The third-order valence-electron chi connectivity index (χ3n) is 4.08. The van der Waals surface area contributed by atoms with E-state index in [0.29, 0.717) is 6.04 Å². The Balaban J connectivity index is 1.46. The summed E-state index contributed by atoms with van der Waals surface area (Å²) in [7, 11) is 0. The summed E-state index contributed by atoms with van der Waals surface area (Å²) in [5, 5.41) is 5.49. The number of fused-ring (bicyclic) bond motifs is 1. The topological polar surface area (TPSA) is 33.6 Å². The van der Waals surface area contributed by atoms with Crippen molar-refractivity contribution in [2.75, 3.05) is 13.2 Å². The Hall–Kier alpha value is -1.16. The van der Waals surface area contributed by atoms with Crippen molar-refractivity contribution in [3.8, 4) is 5.75 Å². The number of amidine groups is 1. The number of benzene rings is 1. The van der Waals surface area contributed by atoms with E-state index in [1.165, 1.54) is 18.4 Å². The smallest absolute Gasteiger partial charge is 0.157 e. The van der Waals surface area contributed by atoms with E-state index in [2.05, 4.69) is 28.5 Å². The van der Waals surface area contributed by atoms with Gasteiger partial charge in [-0.05, 0) is 24.8 Å². The van der Waals surface area contributed by atoms with E-state index in [4.69, 9.17) is 4.74 Å². The third kappa shape index (κ3) is 2.34. The van der Waals surface area contributed by atoms with Crippen molar-refractivity contribution in [2.45, 2.75) is 30.6 Å². The van der Waals surface area contributed by atoms with Gasteiger partial charge < -0.3 is 10.1 Å². The lowest BCUT2D eigenvalue weighted by Crippen LogP contribution is -2.30. The van der Waals surface area contributed by atoms with Crippen LogP contribution in [-0.2, 0) is 0 Å². The average molecular weight is 274 g/mol. The molecule has 0 amide bonds. The summed E-state index contributed by atoms with van der Waals surface area (Å²) in [6.07, 6.45) is 3.83. The molecule has 0 bridgehead atoms. The normalized spacial score (nSPS) is 29.4. The Labute approximate surface area is 117 Å². The summed E-state index contributed by atoms with van der Waals surface area (Å²) >= 11 is 1.95. The SMILES string of the molecule is c1ccc2c(c1)OCCC2NC1=NCC(C2CC2)S1. The van der Waals surface area contributed by atoms with Gasteiger partial charge in [0.2, 0.25) is 0 Å². The van der Waals surface area contributed by atoms with Crippen LogP contribution in [-0.4, -0.2) is 23.6 Å². The maximum absolute atomic E-state index is 5.70. The van der Waals surface area contributed by atoms with Crippen molar-refractivity contribution in [1.29, 1.82) is 0 Å². The van der Waals surface area contributed by atoms with Gasteiger partial charge >= 0.3 is 0 Å². The predicted octanol–water partition coefficient (Wildman–Crippen LogP) is 2.98. The van der Waals surface area contributed by atoms with E-state index in [1.54, 1.807) is 0 Å². The van der Waals surface area contributed by atoms with Gasteiger partial charge in [0, 0.05) is 17.2 Å². The fraction of sp³-hybridized carbons (Fsp3) is 0.533. The molecule has 1 N–H and O–H groups in total. The van der Waals surface area contributed by atoms with E-state index in [9.17, 15) is 0 Å². The van der Waals surface area contributed by atoms with Gasteiger partial charge in [-0.3, -0.25) is 4.99 Å². The summed E-state index contributed by atoms with van der Waals surface area (Å²) in [4.78, 5) is 4.67. The van der Waals surface area contributed by atoms with Crippen molar-refractivity contribution in [3.63, 3.8) is 0 Å². The van der Waals surface area contributed by atoms with Crippen LogP contribution >= 0.6 is 11.8 Å². The molecule has 0 saturated heterocycles. The van der Waals surface area contributed by atoms with Crippen molar-refractivity contribution in [3.05, 3.63) is 29.8 Å². The van der Waals surface area contributed by atoms with E-state index >= 15 is 0 Å². The van der Waals surface area contributed by atoms with Crippen LogP contribution in [0.2, 0.25) is 0 Å². The summed E-state index contributed by atoms with van der Waals surface area (Å²) < 4.78 is 5.70. The van der Waals surface area contributed by atoms with E-state index in [1.807, 2.05) is 17.8 Å². The van der Waals surface area contributed by atoms with Crippen LogP contribution in [0.4, 0.5) is 0 Å². The lowest BCUT2D eigenvalue weighted by Gasteiger charge is -2.27. The molecule has 1 fully saturated rings. The van der Waals surface area contributed by atoms with Crippen LogP contribution in [0.3, 0.4) is 0 Å². The predicted molar refractivity (Wildman–Crippen MR) is 78.8 cm³/mol. The fourth-order valence-electron chi connectivity index (χ4n) is 2.82. The van der Waals surface area contributed by atoms with Crippen molar-refractivity contribution >= 4 is 16.9 Å². The highest BCUT2D eigenvalue weighted by molar-refractivity contribution is 8.14. The van der Waals surface area contributed by atoms with Gasteiger partial charge in [-0.25, -0.2) is 0 Å². The molecule has 3 aliphatic rings. The zero-order valence-corrected chi connectivity index (χ0v) is 11.7. The third-order valence-corrected chi connectivity index (χ3v) is 5.39. The maximum Gasteiger partial charge on any atom is 0.157 e. The summed E-state index contributed by atoms with van der Waals surface area (Å²) in [5.41, 5.74) is 1.27. The first-order chi connectivity index (χ1) is 9.40. The number of nitrogens with one attached hydrogen (secondary N) is 1. The molecule has 0 spiro atoms. The Morgan fingerprint density at radius 1 is 1.21 bits per heavy atom. The molecule has 2 heterocycles. The molecule has 1 saturated carbocycles. The van der Waals surface area contributed by atoms with Crippen molar-refractivity contribution in [1.82, 2.24) is 5.32 Å². The number of ether oxygens (including phenoxy) is 1. The van der Waals surface area contributed by atoms with Gasteiger partial charge in [0.1, 0.15) is 5.75 Å². The number of rotatable bonds is 2. The molecular formula is C15H18N2OS. The molecule has 2 atom stereocenters. The molecule has 4 heteroatoms. The Bertz CT molecular complexity index is 513. The van der Waals surface area contributed by atoms with Crippen LogP contribution < -0.4 is 10.1 Å². The van der Waals surface area contributed by atoms with Gasteiger partial charge in [-0.2, -0.15) is 0 Å². The molecule has 1 aliphatic carbocycles. The molecule has 100 valence electrons. The lowest BCUT2D eigenvalue weighted by molar-refractivity contribution is 0.262. The summed E-state index contributed by atoms with van der Waals surface area (Å²) in [6, 6.07) is 8.68. The second-order valence-corrected chi connectivity index (χ2v) is 6.74. The first kappa shape index (κ1) is 11.6. The van der Waals surface area contributed by atoms with Crippen LogP contribution in [0.5, 0.6) is 5.75 Å². The molecule has 2 unspecified atom stereocenters. The minimum absolute atomic E-state index is 0.356. The Morgan fingerprint density at radius 3 is 3.00 bits per heavy atom. The van der Waals surface area contributed by atoms with Gasteiger partial charge in [0.05, 0.1) is 19.2 Å². The van der Waals surface area contributed by atoms with Crippen LogP contribution in [0, 0.1) is 5.92 Å². The van der Waals surface area contributed by atoms with Crippen LogP contribution in [0.25, 0.3) is 0 Å². The number of para-hydroxylation sites is 1. The summed E-state index contributed by atoms with van der Waals surface area (Å²) in [5.74, 6) is 1.95. The monoisotopic (exact) mass is 274 g/mol. The molecule has 1 aromatic rings. The fourth-order valence-corrected chi connectivity index (χ4v) is 4.08. The molecule has 2 aliphatic heterocycles. The van der Waals surface area contributed by atoms with Gasteiger partial charge in [0.15, 0.2) is 5.17 Å². The largest absolute Gasteiger partial charge is 0.493 e. The average Bonchev–Trinajstić information content (AvgIpc) is 3.20.